The van der Waals surface area contributed by atoms with E-state index in [4.69, 9.17) is 0 Å². The molecule has 2 atom stereocenters. The quantitative estimate of drug-likeness (QED) is 0.811. The zero-order valence-corrected chi connectivity index (χ0v) is 13.4. The molecular formula is C17H26N2O2. The Morgan fingerprint density at radius 3 is 2.48 bits per heavy atom. The van der Waals surface area contributed by atoms with Gasteiger partial charge in [0.15, 0.2) is 0 Å². The van der Waals surface area contributed by atoms with Gasteiger partial charge in [-0.15, -0.1) is 0 Å². The fourth-order valence-corrected chi connectivity index (χ4v) is 1.78. The number of amides is 2. The summed E-state index contributed by atoms with van der Waals surface area (Å²) in [5.41, 5.74) is 1.56. The van der Waals surface area contributed by atoms with Gasteiger partial charge < -0.3 is 10.6 Å². The van der Waals surface area contributed by atoms with Crippen LogP contribution in [0.15, 0.2) is 24.3 Å². The standard InChI is InChI=1S/C17H26N2O2/c1-5-12(3)16(20)18-11-14-8-7-9-15(10-14)17(21)19-13(4)6-2/h7-10,12-13H,5-6,11H2,1-4H3,(H,18,20)(H,19,21)/t12-,13-/m0/s1. The summed E-state index contributed by atoms with van der Waals surface area (Å²) >= 11 is 0. The van der Waals surface area contributed by atoms with Crippen LogP contribution in [0.3, 0.4) is 0 Å². The van der Waals surface area contributed by atoms with E-state index in [0.29, 0.717) is 12.1 Å². The SMILES string of the molecule is CC[C@H](C)NC(=O)c1cccc(CNC(=O)[C@@H](C)CC)c1. The maximum absolute atomic E-state index is 12.1. The van der Waals surface area contributed by atoms with Gasteiger partial charge in [0.05, 0.1) is 0 Å². The molecule has 0 aliphatic heterocycles. The smallest absolute Gasteiger partial charge is 0.251 e. The molecule has 0 saturated carbocycles. The third-order valence-electron chi connectivity index (χ3n) is 3.71. The van der Waals surface area contributed by atoms with Gasteiger partial charge in [-0.05, 0) is 37.5 Å². The summed E-state index contributed by atoms with van der Waals surface area (Å²) in [4.78, 5) is 23.8. The summed E-state index contributed by atoms with van der Waals surface area (Å²) in [5, 5.41) is 5.84. The van der Waals surface area contributed by atoms with E-state index in [2.05, 4.69) is 10.6 Å². The Balaban J connectivity index is 2.64. The molecule has 116 valence electrons. The molecule has 2 N–H and O–H groups in total. The molecule has 0 heterocycles. The Bertz CT molecular complexity index is 485. The number of nitrogens with one attached hydrogen (secondary N) is 2. The largest absolute Gasteiger partial charge is 0.352 e. The zero-order chi connectivity index (χ0) is 15.8. The second-order valence-corrected chi connectivity index (χ2v) is 5.51. The molecule has 0 bridgehead atoms. The van der Waals surface area contributed by atoms with Crippen molar-refractivity contribution in [3.63, 3.8) is 0 Å². The maximum atomic E-state index is 12.1. The van der Waals surface area contributed by atoms with Crippen molar-refractivity contribution in [2.45, 2.75) is 53.1 Å². The van der Waals surface area contributed by atoms with Crippen LogP contribution in [0.5, 0.6) is 0 Å². The van der Waals surface area contributed by atoms with Gasteiger partial charge in [-0.3, -0.25) is 9.59 Å². The van der Waals surface area contributed by atoms with Crippen molar-refractivity contribution in [2.24, 2.45) is 5.92 Å². The van der Waals surface area contributed by atoms with Gasteiger partial charge in [-0.2, -0.15) is 0 Å². The topological polar surface area (TPSA) is 58.2 Å². The second-order valence-electron chi connectivity index (χ2n) is 5.51. The van der Waals surface area contributed by atoms with Crippen molar-refractivity contribution in [3.8, 4) is 0 Å². The fraction of sp³-hybridized carbons (Fsp3) is 0.529. The summed E-state index contributed by atoms with van der Waals surface area (Å²) in [7, 11) is 0. The van der Waals surface area contributed by atoms with Gasteiger partial charge in [0.1, 0.15) is 0 Å². The zero-order valence-electron chi connectivity index (χ0n) is 13.4. The lowest BCUT2D eigenvalue weighted by Gasteiger charge is -2.13. The van der Waals surface area contributed by atoms with Crippen LogP contribution < -0.4 is 10.6 Å². The first-order valence-corrected chi connectivity index (χ1v) is 7.65. The Labute approximate surface area is 127 Å². The van der Waals surface area contributed by atoms with Crippen LogP contribution in [0.25, 0.3) is 0 Å². The molecule has 0 radical (unpaired) electrons. The molecular weight excluding hydrogens is 264 g/mol. The first-order chi connectivity index (χ1) is 9.97. The van der Waals surface area contributed by atoms with E-state index in [-0.39, 0.29) is 23.8 Å². The predicted octanol–water partition coefficient (Wildman–Crippen LogP) is 2.88. The van der Waals surface area contributed by atoms with E-state index in [0.717, 1.165) is 18.4 Å². The van der Waals surface area contributed by atoms with Crippen molar-refractivity contribution in [2.75, 3.05) is 0 Å². The van der Waals surface area contributed by atoms with E-state index in [1.54, 1.807) is 6.07 Å². The van der Waals surface area contributed by atoms with Crippen LogP contribution in [-0.4, -0.2) is 17.9 Å². The Morgan fingerprint density at radius 2 is 1.86 bits per heavy atom. The maximum Gasteiger partial charge on any atom is 0.251 e. The lowest BCUT2D eigenvalue weighted by Crippen LogP contribution is -2.32. The van der Waals surface area contributed by atoms with Crippen molar-refractivity contribution in [1.82, 2.24) is 10.6 Å². The van der Waals surface area contributed by atoms with Gasteiger partial charge in [-0.1, -0.05) is 32.9 Å². The first-order valence-electron chi connectivity index (χ1n) is 7.65. The molecule has 1 aromatic carbocycles. The third kappa shape index (κ3) is 5.58. The van der Waals surface area contributed by atoms with E-state index in [1.165, 1.54) is 0 Å². The molecule has 1 aromatic rings. The molecule has 4 nitrogen and oxygen atoms in total. The summed E-state index contributed by atoms with van der Waals surface area (Å²) in [5.74, 6) is -0.00621. The number of hydrogen-bond acceptors (Lipinski definition) is 2. The highest BCUT2D eigenvalue weighted by Crippen LogP contribution is 2.07. The van der Waals surface area contributed by atoms with Crippen LogP contribution in [0, 0.1) is 5.92 Å². The molecule has 0 aromatic heterocycles. The van der Waals surface area contributed by atoms with Crippen molar-refractivity contribution >= 4 is 11.8 Å². The summed E-state index contributed by atoms with van der Waals surface area (Å²) in [6.45, 7) is 8.36. The molecule has 0 fully saturated rings. The van der Waals surface area contributed by atoms with Gasteiger partial charge in [0.2, 0.25) is 5.91 Å². The van der Waals surface area contributed by atoms with Gasteiger partial charge in [-0.25, -0.2) is 0 Å². The summed E-state index contributed by atoms with van der Waals surface area (Å²) < 4.78 is 0. The van der Waals surface area contributed by atoms with Crippen molar-refractivity contribution < 1.29 is 9.59 Å². The molecule has 0 saturated heterocycles. The van der Waals surface area contributed by atoms with Gasteiger partial charge >= 0.3 is 0 Å². The van der Waals surface area contributed by atoms with E-state index in [9.17, 15) is 9.59 Å². The van der Waals surface area contributed by atoms with E-state index in [1.807, 2.05) is 45.9 Å². The predicted molar refractivity (Wildman–Crippen MR) is 85.0 cm³/mol. The van der Waals surface area contributed by atoms with Gasteiger partial charge in [0.25, 0.3) is 5.91 Å². The molecule has 0 aliphatic carbocycles. The molecule has 0 unspecified atom stereocenters. The minimum Gasteiger partial charge on any atom is -0.352 e. The first kappa shape index (κ1) is 17.2. The Kier molecular flexibility index (Phi) is 6.92. The van der Waals surface area contributed by atoms with E-state index < -0.39 is 0 Å². The minimum absolute atomic E-state index is 0.0156. The molecule has 1 rings (SSSR count). The number of hydrogen-bond donors (Lipinski definition) is 2. The van der Waals surface area contributed by atoms with Crippen LogP contribution >= 0.6 is 0 Å². The highest BCUT2D eigenvalue weighted by Gasteiger charge is 2.11. The van der Waals surface area contributed by atoms with E-state index >= 15 is 0 Å². The highest BCUT2D eigenvalue weighted by atomic mass is 16.2. The molecule has 4 heteroatoms. The van der Waals surface area contributed by atoms with Crippen LogP contribution in [0.2, 0.25) is 0 Å². The monoisotopic (exact) mass is 290 g/mol. The number of carbonyl (C=O) groups is 2. The lowest BCUT2D eigenvalue weighted by molar-refractivity contribution is -0.124. The average molecular weight is 290 g/mol. The Morgan fingerprint density at radius 1 is 1.14 bits per heavy atom. The highest BCUT2D eigenvalue weighted by molar-refractivity contribution is 5.94. The number of benzene rings is 1. The number of rotatable bonds is 7. The molecule has 21 heavy (non-hydrogen) atoms. The average Bonchev–Trinajstić information content (AvgIpc) is 2.51. The Hall–Kier alpha value is -1.84. The van der Waals surface area contributed by atoms with Crippen molar-refractivity contribution in [1.29, 1.82) is 0 Å². The fourth-order valence-electron chi connectivity index (χ4n) is 1.78. The van der Waals surface area contributed by atoms with Gasteiger partial charge in [0, 0.05) is 24.1 Å². The minimum atomic E-state index is -0.0700. The van der Waals surface area contributed by atoms with Crippen molar-refractivity contribution in [3.05, 3.63) is 35.4 Å². The third-order valence-corrected chi connectivity index (χ3v) is 3.71. The summed E-state index contributed by atoms with van der Waals surface area (Å²) in [6, 6.07) is 7.53. The molecule has 0 aliphatic rings. The lowest BCUT2D eigenvalue weighted by atomic mass is 10.1. The van der Waals surface area contributed by atoms with Crippen LogP contribution in [-0.2, 0) is 11.3 Å². The molecule has 0 spiro atoms. The van der Waals surface area contributed by atoms with Crippen LogP contribution in [0.1, 0.15) is 56.5 Å². The summed E-state index contributed by atoms with van der Waals surface area (Å²) in [6.07, 6.45) is 1.72. The normalized spacial score (nSPS) is 13.3. The second kappa shape index (κ2) is 8.45. The van der Waals surface area contributed by atoms with Crippen LogP contribution in [0.4, 0.5) is 0 Å². The number of carbonyl (C=O) groups excluding carboxylic acids is 2. The molecule has 2 amide bonds.